The summed E-state index contributed by atoms with van der Waals surface area (Å²) in [6.45, 7) is 1.77. The van der Waals surface area contributed by atoms with Crippen molar-refractivity contribution in [3.05, 3.63) is 16.7 Å². The summed E-state index contributed by atoms with van der Waals surface area (Å²) in [4.78, 5) is 21.6. The van der Waals surface area contributed by atoms with Crippen LogP contribution < -0.4 is 10.9 Å². The molecule has 0 aliphatic carbocycles. The fraction of sp³-hybridized carbons (Fsp3) is 0.737. The molecule has 30 heavy (non-hydrogen) atoms. The van der Waals surface area contributed by atoms with E-state index >= 15 is 0 Å². The van der Waals surface area contributed by atoms with E-state index in [0.717, 1.165) is 23.8 Å². The molecule has 11 heteroatoms. The first kappa shape index (κ1) is 21.2. The summed E-state index contributed by atoms with van der Waals surface area (Å²) in [6, 6.07) is -0.430. The zero-order chi connectivity index (χ0) is 21.4. The number of nitrogens with one attached hydrogen (secondary N) is 1. The molecule has 0 aromatic carbocycles. The Labute approximate surface area is 173 Å². The molecular weight excluding hydrogens is 394 g/mol. The lowest BCUT2D eigenvalue weighted by Gasteiger charge is -2.33. The molecule has 0 unspecified atom stereocenters. The molecule has 4 rings (SSSR count). The molecule has 5 N–H and O–H groups in total. The molecule has 0 amide bonds. The van der Waals surface area contributed by atoms with Gasteiger partial charge < -0.3 is 30.5 Å². The topological polar surface area (TPSA) is 155 Å². The number of hydrogen-bond donors (Lipinski definition) is 5. The summed E-state index contributed by atoms with van der Waals surface area (Å²) in [7, 11) is 0. The minimum absolute atomic E-state index is 0.0760. The summed E-state index contributed by atoms with van der Waals surface area (Å²) in [6.07, 6.45) is 1.40. The van der Waals surface area contributed by atoms with Crippen LogP contribution in [-0.2, 0) is 4.74 Å². The third-order valence-electron chi connectivity index (χ3n) is 5.97. The quantitative estimate of drug-likeness (QED) is 0.382. The summed E-state index contributed by atoms with van der Waals surface area (Å²) < 4.78 is 8.36. The number of aliphatic hydroxyl groups excluding tert-OH is 4. The van der Waals surface area contributed by atoms with Crippen molar-refractivity contribution in [2.45, 2.75) is 82.3 Å². The summed E-state index contributed by atoms with van der Waals surface area (Å²) in [5.74, 6) is 0.157. The highest BCUT2D eigenvalue weighted by Gasteiger charge is 2.37. The minimum Gasteiger partial charge on any atom is -0.394 e. The summed E-state index contributed by atoms with van der Waals surface area (Å²) in [5, 5.41) is 43.5. The van der Waals surface area contributed by atoms with Crippen molar-refractivity contribution in [3.63, 3.8) is 0 Å². The number of hydrogen-bond acceptors (Lipinski definition) is 9. The van der Waals surface area contributed by atoms with E-state index in [4.69, 9.17) is 4.74 Å². The molecule has 0 bridgehead atoms. The second-order valence-corrected chi connectivity index (χ2v) is 8.08. The Hall–Kier alpha value is -2.05. The van der Waals surface area contributed by atoms with Crippen LogP contribution in [-0.4, -0.2) is 70.5 Å². The third-order valence-corrected chi connectivity index (χ3v) is 5.97. The van der Waals surface area contributed by atoms with Crippen LogP contribution in [0.4, 0.5) is 5.95 Å². The lowest BCUT2D eigenvalue weighted by Crippen LogP contribution is -2.44. The Balaban J connectivity index is 1.65. The van der Waals surface area contributed by atoms with Gasteiger partial charge in [0.2, 0.25) is 5.95 Å². The lowest BCUT2D eigenvalue weighted by atomic mass is 9.99. The summed E-state index contributed by atoms with van der Waals surface area (Å²) >= 11 is 0. The first-order valence-electron chi connectivity index (χ1n) is 10.5. The van der Waals surface area contributed by atoms with Crippen LogP contribution in [0, 0.1) is 0 Å². The van der Waals surface area contributed by atoms with Crippen LogP contribution >= 0.6 is 0 Å². The molecule has 0 spiro atoms. The predicted octanol–water partition coefficient (Wildman–Crippen LogP) is -0.150. The highest BCUT2D eigenvalue weighted by molar-refractivity contribution is 5.71. The van der Waals surface area contributed by atoms with Gasteiger partial charge in [-0.2, -0.15) is 4.98 Å². The number of imidazole rings is 1. The average molecular weight is 423 g/mol. The number of ether oxygens (including phenoxy) is 1. The van der Waals surface area contributed by atoms with E-state index in [1.807, 2.05) is 0 Å². The molecule has 2 aliphatic rings. The van der Waals surface area contributed by atoms with E-state index in [1.54, 1.807) is 4.57 Å². The number of nitrogens with zero attached hydrogens (tertiary/aromatic N) is 4. The van der Waals surface area contributed by atoms with Crippen molar-refractivity contribution in [1.29, 1.82) is 0 Å². The lowest BCUT2D eigenvalue weighted by molar-refractivity contribution is -0.0432. The largest absolute Gasteiger partial charge is 0.394 e. The Morgan fingerprint density at radius 2 is 2.13 bits per heavy atom. The molecule has 166 valence electrons. The normalized spacial score (nSPS) is 29.7. The van der Waals surface area contributed by atoms with Crippen LogP contribution in [0.2, 0.25) is 0 Å². The third kappa shape index (κ3) is 3.71. The molecular formula is C19H29N5O6. The zero-order valence-electron chi connectivity index (χ0n) is 16.9. The SMILES string of the molecule is CCCCC[C@H](O)[C@H]1C[C@H](O)n2c(nc3c(ncn3[C@H]3C[C@H](O)[C@@H](CO)O3)c2=O)N1. The molecule has 0 radical (unpaired) electrons. The van der Waals surface area contributed by atoms with Gasteiger partial charge in [-0.1, -0.05) is 26.2 Å². The minimum atomic E-state index is -1.12. The fourth-order valence-electron chi connectivity index (χ4n) is 4.24. The monoisotopic (exact) mass is 423 g/mol. The van der Waals surface area contributed by atoms with Crippen molar-refractivity contribution >= 4 is 17.1 Å². The Morgan fingerprint density at radius 1 is 1.33 bits per heavy atom. The number of rotatable bonds is 7. The van der Waals surface area contributed by atoms with Crippen LogP contribution in [0.25, 0.3) is 11.2 Å². The van der Waals surface area contributed by atoms with E-state index in [1.165, 1.54) is 6.33 Å². The highest BCUT2D eigenvalue weighted by Crippen LogP contribution is 2.32. The molecule has 2 aliphatic heterocycles. The number of anilines is 1. The van der Waals surface area contributed by atoms with Gasteiger partial charge in [-0.05, 0) is 6.42 Å². The average Bonchev–Trinajstić information content (AvgIpc) is 3.30. The van der Waals surface area contributed by atoms with E-state index in [0.29, 0.717) is 6.42 Å². The number of aliphatic hydroxyl groups is 4. The Kier molecular flexibility index (Phi) is 6.07. The van der Waals surface area contributed by atoms with Crippen LogP contribution in [0.15, 0.2) is 11.1 Å². The van der Waals surface area contributed by atoms with Crippen LogP contribution in [0.1, 0.15) is 57.9 Å². The van der Waals surface area contributed by atoms with Crippen molar-refractivity contribution < 1.29 is 25.2 Å². The molecule has 1 fully saturated rings. The van der Waals surface area contributed by atoms with E-state index in [-0.39, 0.29) is 36.6 Å². The molecule has 0 saturated carbocycles. The number of aromatic nitrogens is 4. The van der Waals surface area contributed by atoms with Gasteiger partial charge in [0.15, 0.2) is 11.2 Å². The number of fused-ring (bicyclic) bond motifs is 2. The van der Waals surface area contributed by atoms with Crippen molar-refractivity contribution in [1.82, 2.24) is 19.1 Å². The van der Waals surface area contributed by atoms with Gasteiger partial charge in [0.1, 0.15) is 18.6 Å². The molecule has 2 aromatic heterocycles. The van der Waals surface area contributed by atoms with Crippen molar-refractivity contribution in [3.8, 4) is 0 Å². The van der Waals surface area contributed by atoms with E-state index in [2.05, 4.69) is 22.2 Å². The first-order chi connectivity index (χ1) is 14.4. The van der Waals surface area contributed by atoms with Gasteiger partial charge in [0.05, 0.1) is 31.2 Å². The zero-order valence-corrected chi connectivity index (χ0v) is 16.9. The van der Waals surface area contributed by atoms with Gasteiger partial charge in [-0.3, -0.25) is 9.36 Å². The van der Waals surface area contributed by atoms with Gasteiger partial charge in [-0.15, -0.1) is 0 Å². The van der Waals surface area contributed by atoms with Gasteiger partial charge >= 0.3 is 0 Å². The second-order valence-electron chi connectivity index (χ2n) is 8.08. The molecule has 1 saturated heterocycles. The molecule has 4 heterocycles. The standard InChI is InChI=1S/C19H29N5O6/c1-2-3-4-5-11(26)10-6-14(28)24-18(29)16-17(22-19(24)21-10)23(9-20-16)15-7-12(27)13(8-25)30-15/h9-15,25-28H,2-8H2,1H3,(H,21,22)/t10-,11+,12+,13-,14+,15-/m1/s1. The fourth-order valence-corrected chi connectivity index (χ4v) is 4.24. The van der Waals surface area contributed by atoms with Crippen LogP contribution in [0.5, 0.6) is 0 Å². The van der Waals surface area contributed by atoms with E-state index in [9.17, 15) is 25.2 Å². The Bertz CT molecular complexity index is 945. The molecule has 11 nitrogen and oxygen atoms in total. The summed E-state index contributed by atoms with van der Waals surface area (Å²) in [5.41, 5.74) is -0.167. The van der Waals surface area contributed by atoms with Crippen molar-refractivity contribution in [2.24, 2.45) is 0 Å². The highest BCUT2D eigenvalue weighted by atomic mass is 16.5. The van der Waals surface area contributed by atoms with Gasteiger partial charge in [0.25, 0.3) is 5.56 Å². The maximum absolute atomic E-state index is 12.9. The smallest absolute Gasteiger partial charge is 0.285 e. The predicted molar refractivity (Wildman–Crippen MR) is 107 cm³/mol. The molecule has 6 atom stereocenters. The van der Waals surface area contributed by atoms with E-state index < -0.39 is 42.4 Å². The number of unbranched alkanes of at least 4 members (excludes halogenated alkanes) is 2. The maximum Gasteiger partial charge on any atom is 0.285 e. The maximum atomic E-state index is 12.9. The second kappa shape index (κ2) is 8.60. The molecule has 2 aromatic rings. The van der Waals surface area contributed by atoms with Crippen molar-refractivity contribution in [2.75, 3.05) is 11.9 Å². The van der Waals surface area contributed by atoms with Gasteiger partial charge in [0, 0.05) is 12.8 Å². The van der Waals surface area contributed by atoms with Gasteiger partial charge in [-0.25, -0.2) is 9.55 Å². The Morgan fingerprint density at radius 3 is 2.83 bits per heavy atom. The first-order valence-corrected chi connectivity index (χ1v) is 10.5. The van der Waals surface area contributed by atoms with Crippen LogP contribution in [0.3, 0.4) is 0 Å².